The third-order valence-corrected chi connectivity index (χ3v) is 5.03. The van der Waals surface area contributed by atoms with Gasteiger partial charge in [-0.2, -0.15) is 0 Å². The largest absolute Gasteiger partial charge is 0.481 e. The predicted molar refractivity (Wildman–Crippen MR) is 69.0 cm³/mol. The molecule has 0 saturated heterocycles. The number of aliphatic carboxylic acids is 1. The van der Waals surface area contributed by atoms with Crippen LogP contribution in [0.3, 0.4) is 0 Å². The van der Waals surface area contributed by atoms with Gasteiger partial charge in [-0.15, -0.1) is 0 Å². The first-order valence-electron chi connectivity index (χ1n) is 6.87. The normalized spacial score (nSPS) is 37.7. The van der Waals surface area contributed by atoms with Crippen molar-refractivity contribution in [2.24, 2.45) is 29.6 Å². The lowest BCUT2D eigenvalue weighted by Gasteiger charge is -2.44. The third kappa shape index (κ3) is 2.11. The molecule has 100 valence electrons. The fourth-order valence-corrected chi connectivity index (χ4v) is 3.71. The van der Waals surface area contributed by atoms with Gasteiger partial charge in [0.25, 0.3) is 0 Å². The monoisotopic (exact) mass is 250 g/mol. The first kappa shape index (κ1) is 13.3. The fraction of sp³-hybridized carbons (Fsp3) is 0.733. The van der Waals surface area contributed by atoms with Crippen LogP contribution in [0, 0.1) is 29.6 Å². The molecule has 18 heavy (non-hydrogen) atoms. The van der Waals surface area contributed by atoms with Crippen LogP contribution in [0.2, 0.25) is 0 Å². The Hall–Kier alpha value is -1.12. The SMILES string of the molecule is CC1=CC[C@H]2C(C)CC[C@H](C(C)C(=O)O)[C@H]2C1=O. The maximum Gasteiger partial charge on any atom is 0.306 e. The Bertz CT molecular complexity index is 397. The van der Waals surface area contributed by atoms with Crippen molar-refractivity contribution in [3.63, 3.8) is 0 Å². The molecule has 2 aliphatic carbocycles. The van der Waals surface area contributed by atoms with Gasteiger partial charge in [-0.3, -0.25) is 9.59 Å². The van der Waals surface area contributed by atoms with Crippen molar-refractivity contribution in [2.75, 3.05) is 0 Å². The van der Waals surface area contributed by atoms with Crippen molar-refractivity contribution in [1.29, 1.82) is 0 Å². The van der Waals surface area contributed by atoms with Crippen LogP contribution in [0.5, 0.6) is 0 Å². The van der Waals surface area contributed by atoms with E-state index < -0.39 is 11.9 Å². The van der Waals surface area contributed by atoms with E-state index in [1.165, 1.54) is 0 Å². The number of carboxylic acids is 1. The summed E-state index contributed by atoms with van der Waals surface area (Å²) in [5, 5.41) is 9.22. The first-order chi connectivity index (χ1) is 8.43. The summed E-state index contributed by atoms with van der Waals surface area (Å²) in [5.41, 5.74) is 0.827. The van der Waals surface area contributed by atoms with Gasteiger partial charge in [0.05, 0.1) is 5.92 Å². The van der Waals surface area contributed by atoms with E-state index >= 15 is 0 Å². The highest BCUT2D eigenvalue weighted by Crippen LogP contribution is 2.47. The van der Waals surface area contributed by atoms with Crippen molar-refractivity contribution < 1.29 is 14.7 Å². The average molecular weight is 250 g/mol. The average Bonchev–Trinajstić information content (AvgIpc) is 2.33. The summed E-state index contributed by atoms with van der Waals surface area (Å²) in [5.74, 6) is -0.170. The Kier molecular flexibility index (Phi) is 3.60. The molecule has 3 heteroatoms. The highest BCUT2D eigenvalue weighted by molar-refractivity contribution is 5.98. The van der Waals surface area contributed by atoms with Gasteiger partial charge in [-0.05, 0) is 43.1 Å². The molecule has 0 amide bonds. The van der Waals surface area contributed by atoms with Gasteiger partial charge in [-0.25, -0.2) is 0 Å². The molecule has 1 saturated carbocycles. The number of Topliss-reactive ketones (excluding diaryl/α,β-unsaturated/α-hetero) is 1. The molecular weight excluding hydrogens is 228 g/mol. The highest BCUT2D eigenvalue weighted by Gasteiger charge is 2.46. The van der Waals surface area contributed by atoms with E-state index in [2.05, 4.69) is 6.92 Å². The van der Waals surface area contributed by atoms with Gasteiger partial charge >= 0.3 is 5.97 Å². The Morgan fingerprint density at radius 2 is 2.11 bits per heavy atom. The molecule has 0 aliphatic heterocycles. The molecule has 2 aliphatic rings. The van der Waals surface area contributed by atoms with Crippen molar-refractivity contribution >= 4 is 11.8 Å². The number of carbonyl (C=O) groups is 2. The summed E-state index contributed by atoms with van der Waals surface area (Å²) < 4.78 is 0. The molecule has 0 heterocycles. The molecule has 2 unspecified atom stereocenters. The second kappa shape index (κ2) is 4.87. The standard InChI is InChI=1S/C15H22O3/c1-8-4-7-12(10(3)15(17)18)13-11(8)6-5-9(2)14(13)16/h5,8,10-13H,4,6-7H2,1-3H3,(H,17,18)/t8?,10?,11-,12+,13-/m0/s1. The van der Waals surface area contributed by atoms with E-state index in [-0.39, 0.29) is 17.6 Å². The van der Waals surface area contributed by atoms with Gasteiger partial charge in [0, 0.05) is 5.92 Å². The molecule has 0 bridgehead atoms. The van der Waals surface area contributed by atoms with Crippen LogP contribution in [0.1, 0.15) is 40.0 Å². The fourth-order valence-electron chi connectivity index (χ4n) is 3.71. The number of carbonyl (C=O) groups excluding carboxylic acids is 1. The molecule has 1 fully saturated rings. The van der Waals surface area contributed by atoms with Crippen LogP contribution in [0.15, 0.2) is 11.6 Å². The molecular formula is C15H22O3. The highest BCUT2D eigenvalue weighted by atomic mass is 16.4. The Labute approximate surface area is 108 Å². The van der Waals surface area contributed by atoms with E-state index in [0.29, 0.717) is 11.8 Å². The van der Waals surface area contributed by atoms with Gasteiger partial charge < -0.3 is 5.11 Å². The minimum Gasteiger partial charge on any atom is -0.481 e. The number of hydrogen-bond acceptors (Lipinski definition) is 2. The van der Waals surface area contributed by atoms with Crippen LogP contribution in [-0.2, 0) is 9.59 Å². The molecule has 0 aromatic heterocycles. The predicted octanol–water partition coefficient (Wildman–Crippen LogP) is 2.90. The number of ketones is 1. The number of hydrogen-bond donors (Lipinski definition) is 1. The first-order valence-corrected chi connectivity index (χ1v) is 6.87. The molecule has 5 atom stereocenters. The van der Waals surface area contributed by atoms with Crippen LogP contribution in [-0.4, -0.2) is 16.9 Å². The van der Waals surface area contributed by atoms with Crippen molar-refractivity contribution in [3.8, 4) is 0 Å². The summed E-state index contributed by atoms with van der Waals surface area (Å²) in [6.07, 6.45) is 4.89. The molecule has 0 radical (unpaired) electrons. The maximum absolute atomic E-state index is 12.4. The summed E-state index contributed by atoms with van der Waals surface area (Å²) in [7, 11) is 0. The minimum absolute atomic E-state index is 0.0137. The summed E-state index contributed by atoms with van der Waals surface area (Å²) in [6, 6.07) is 0. The zero-order chi connectivity index (χ0) is 13.4. The molecule has 2 rings (SSSR count). The Morgan fingerprint density at radius 3 is 2.72 bits per heavy atom. The lowest BCUT2D eigenvalue weighted by atomic mass is 9.59. The lowest BCUT2D eigenvalue weighted by Crippen LogP contribution is -2.44. The third-order valence-electron chi connectivity index (χ3n) is 5.03. The molecule has 0 aromatic carbocycles. The summed E-state index contributed by atoms with van der Waals surface area (Å²) >= 11 is 0. The zero-order valence-corrected chi connectivity index (χ0v) is 11.3. The van der Waals surface area contributed by atoms with E-state index in [0.717, 1.165) is 24.8 Å². The van der Waals surface area contributed by atoms with Crippen molar-refractivity contribution in [1.82, 2.24) is 0 Å². The van der Waals surface area contributed by atoms with E-state index in [1.54, 1.807) is 6.92 Å². The minimum atomic E-state index is -0.770. The lowest BCUT2D eigenvalue weighted by molar-refractivity contribution is -0.146. The van der Waals surface area contributed by atoms with Crippen LogP contribution >= 0.6 is 0 Å². The van der Waals surface area contributed by atoms with Crippen LogP contribution in [0.4, 0.5) is 0 Å². The van der Waals surface area contributed by atoms with Crippen molar-refractivity contribution in [3.05, 3.63) is 11.6 Å². The molecule has 3 nitrogen and oxygen atoms in total. The molecule has 0 spiro atoms. The van der Waals surface area contributed by atoms with Crippen LogP contribution in [0.25, 0.3) is 0 Å². The van der Waals surface area contributed by atoms with Gasteiger partial charge in [0.15, 0.2) is 5.78 Å². The summed E-state index contributed by atoms with van der Waals surface area (Å²) in [4.78, 5) is 23.6. The van der Waals surface area contributed by atoms with Crippen LogP contribution < -0.4 is 0 Å². The quantitative estimate of drug-likeness (QED) is 0.819. The van der Waals surface area contributed by atoms with Gasteiger partial charge in [-0.1, -0.05) is 26.3 Å². The summed E-state index contributed by atoms with van der Waals surface area (Å²) in [6.45, 7) is 5.81. The number of fused-ring (bicyclic) bond motifs is 1. The smallest absolute Gasteiger partial charge is 0.306 e. The topological polar surface area (TPSA) is 54.4 Å². The number of rotatable bonds is 2. The van der Waals surface area contributed by atoms with Gasteiger partial charge in [0.2, 0.25) is 0 Å². The Morgan fingerprint density at radius 1 is 1.44 bits per heavy atom. The van der Waals surface area contributed by atoms with Gasteiger partial charge in [0.1, 0.15) is 0 Å². The van der Waals surface area contributed by atoms with E-state index in [9.17, 15) is 14.7 Å². The van der Waals surface area contributed by atoms with E-state index in [4.69, 9.17) is 0 Å². The number of carboxylic acid groups (broad SMARTS) is 1. The maximum atomic E-state index is 12.4. The van der Waals surface area contributed by atoms with E-state index in [1.807, 2.05) is 13.0 Å². The number of allylic oxidation sites excluding steroid dienone is 2. The zero-order valence-electron chi connectivity index (χ0n) is 11.3. The molecule has 1 N–H and O–H groups in total. The second-order valence-electron chi connectivity index (χ2n) is 6.02. The second-order valence-corrected chi connectivity index (χ2v) is 6.02. The molecule has 0 aromatic rings. The Balaban J connectivity index is 2.31. The van der Waals surface area contributed by atoms with Crippen molar-refractivity contribution in [2.45, 2.75) is 40.0 Å².